The monoisotopic (exact) mass is 485 g/mol. The highest BCUT2D eigenvalue weighted by Gasteiger charge is 2.34. The molecule has 9 nitrogen and oxygen atoms in total. The van der Waals surface area contributed by atoms with Crippen LogP contribution in [0.25, 0.3) is 0 Å². The van der Waals surface area contributed by atoms with Gasteiger partial charge in [0.15, 0.2) is 0 Å². The summed E-state index contributed by atoms with van der Waals surface area (Å²) in [5.41, 5.74) is 1.75. The molecule has 1 aliphatic rings. The summed E-state index contributed by atoms with van der Waals surface area (Å²) in [6.07, 6.45) is 1.90. The fourth-order valence-electron chi connectivity index (χ4n) is 3.65. The number of amides is 2. The van der Waals surface area contributed by atoms with E-state index in [1.807, 2.05) is 0 Å². The third-order valence-corrected chi connectivity index (χ3v) is 6.90. The molecule has 0 bridgehead atoms. The molecule has 34 heavy (non-hydrogen) atoms. The van der Waals surface area contributed by atoms with Crippen molar-refractivity contribution in [3.05, 3.63) is 65.2 Å². The van der Waals surface area contributed by atoms with Crippen molar-refractivity contribution in [1.82, 2.24) is 9.73 Å². The number of nitrogens with zero attached hydrogens (tertiary/aromatic N) is 2. The predicted octanol–water partition coefficient (Wildman–Crippen LogP) is 3.05. The summed E-state index contributed by atoms with van der Waals surface area (Å²) >= 11 is 0. The summed E-state index contributed by atoms with van der Waals surface area (Å²) in [5.74, 6) is -1.10. The number of hydrazone groups is 1. The minimum atomic E-state index is -3.90. The van der Waals surface area contributed by atoms with Gasteiger partial charge in [0.25, 0.3) is 21.8 Å². The zero-order valence-electron chi connectivity index (χ0n) is 19.1. The lowest BCUT2D eigenvalue weighted by molar-refractivity contribution is -0.140. The molecule has 0 spiro atoms. The molecule has 0 aromatic heterocycles. The van der Waals surface area contributed by atoms with Crippen LogP contribution in [-0.4, -0.2) is 50.5 Å². The van der Waals surface area contributed by atoms with E-state index in [-0.39, 0.29) is 42.1 Å². The lowest BCUT2D eigenvalue weighted by Crippen LogP contribution is -2.32. The van der Waals surface area contributed by atoms with Gasteiger partial charge in [-0.1, -0.05) is 30.3 Å². The number of nitrogens with one attached hydrogen (secondary N) is 1. The summed E-state index contributed by atoms with van der Waals surface area (Å²) in [6, 6.07) is 13.1. The number of rotatable bonds is 11. The summed E-state index contributed by atoms with van der Waals surface area (Å²) < 4.78 is 30.1. The average Bonchev–Trinajstić information content (AvgIpc) is 3.07. The first-order valence-corrected chi connectivity index (χ1v) is 12.4. The number of esters is 1. The van der Waals surface area contributed by atoms with Crippen molar-refractivity contribution in [2.45, 2.75) is 43.9 Å². The molecule has 0 atom stereocenters. The quantitative estimate of drug-likeness (QED) is 0.172. The number of unbranched alkanes of at least 4 members (excludes halogenated alkanes) is 1. The Hall–Kier alpha value is -3.53. The van der Waals surface area contributed by atoms with Gasteiger partial charge in [-0.15, -0.1) is 0 Å². The van der Waals surface area contributed by atoms with Crippen LogP contribution in [0.3, 0.4) is 0 Å². The van der Waals surface area contributed by atoms with Crippen molar-refractivity contribution >= 4 is 33.5 Å². The van der Waals surface area contributed by atoms with Gasteiger partial charge in [-0.05, 0) is 49.9 Å². The number of fused-ring (bicyclic) bond motifs is 1. The van der Waals surface area contributed by atoms with Gasteiger partial charge in [0.2, 0.25) is 0 Å². The molecule has 1 N–H and O–H groups in total. The highest BCUT2D eigenvalue weighted by molar-refractivity contribution is 7.89. The topological polar surface area (TPSA) is 122 Å². The molecule has 0 aliphatic carbocycles. The summed E-state index contributed by atoms with van der Waals surface area (Å²) in [4.78, 5) is 40.1. The lowest BCUT2D eigenvalue weighted by Gasteiger charge is -2.15. The van der Waals surface area contributed by atoms with Crippen molar-refractivity contribution in [3.63, 3.8) is 0 Å². The van der Waals surface area contributed by atoms with Gasteiger partial charge in [0.05, 0.1) is 23.1 Å². The zero-order chi connectivity index (χ0) is 24.7. The van der Waals surface area contributed by atoms with Crippen LogP contribution in [-0.2, 0) is 19.6 Å². The third-order valence-electron chi connectivity index (χ3n) is 5.53. The maximum Gasteiger partial charge on any atom is 0.305 e. The minimum absolute atomic E-state index is 0.0638. The van der Waals surface area contributed by atoms with E-state index in [1.54, 1.807) is 49.4 Å². The van der Waals surface area contributed by atoms with Crippen molar-refractivity contribution < 1.29 is 27.5 Å². The van der Waals surface area contributed by atoms with Gasteiger partial charge < -0.3 is 4.74 Å². The SMILES string of the molecule is COC(=O)CCCC/C(CCN1C(=O)c2ccccc2C1=O)=N\NS(=O)(=O)c1ccccc1C. The average molecular weight is 486 g/mol. The van der Waals surface area contributed by atoms with Crippen LogP contribution < -0.4 is 4.83 Å². The molecule has 0 fully saturated rings. The number of benzene rings is 2. The number of hydrogen-bond acceptors (Lipinski definition) is 7. The van der Waals surface area contributed by atoms with E-state index in [4.69, 9.17) is 0 Å². The van der Waals surface area contributed by atoms with E-state index in [9.17, 15) is 22.8 Å². The molecule has 2 aromatic rings. The second-order valence-electron chi connectivity index (χ2n) is 7.88. The first-order chi connectivity index (χ1) is 16.2. The predicted molar refractivity (Wildman–Crippen MR) is 126 cm³/mol. The highest BCUT2D eigenvalue weighted by atomic mass is 32.2. The summed E-state index contributed by atoms with van der Waals surface area (Å²) in [5, 5.41) is 4.12. The van der Waals surface area contributed by atoms with Crippen LogP contribution in [0.2, 0.25) is 0 Å². The summed E-state index contributed by atoms with van der Waals surface area (Å²) in [6.45, 7) is 1.75. The zero-order valence-corrected chi connectivity index (χ0v) is 19.9. The van der Waals surface area contributed by atoms with Crippen LogP contribution in [0.4, 0.5) is 0 Å². The number of methoxy groups -OCH3 is 1. The molecule has 2 aromatic carbocycles. The van der Waals surface area contributed by atoms with Gasteiger partial charge in [-0.25, -0.2) is 4.83 Å². The Morgan fingerprint density at radius 3 is 2.15 bits per heavy atom. The van der Waals surface area contributed by atoms with Crippen LogP contribution in [0.15, 0.2) is 58.5 Å². The fourth-order valence-corrected chi connectivity index (χ4v) is 4.75. The van der Waals surface area contributed by atoms with Gasteiger partial charge >= 0.3 is 5.97 Å². The van der Waals surface area contributed by atoms with Crippen LogP contribution in [0.1, 0.15) is 58.4 Å². The number of imide groups is 1. The van der Waals surface area contributed by atoms with Crippen LogP contribution >= 0.6 is 0 Å². The maximum absolute atomic E-state index is 12.7. The van der Waals surface area contributed by atoms with Crippen molar-refractivity contribution in [1.29, 1.82) is 0 Å². The normalized spacial score (nSPS) is 13.7. The molecule has 0 radical (unpaired) electrons. The first kappa shape index (κ1) is 25.1. The molecule has 1 heterocycles. The number of carbonyl (C=O) groups is 3. The lowest BCUT2D eigenvalue weighted by atomic mass is 10.1. The van der Waals surface area contributed by atoms with E-state index in [0.717, 1.165) is 4.90 Å². The molecule has 0 saturated carbocycles. The Morgan fingerprint density at radius 1 is 0.941 bits per heavy atom. The van der Waals surface area contributed by atoms with Gasteiger partial charge in [-0.3, -0.25) is 19.3 Å². The van der Waals surface area contributed by atoms with E-state index < -0.39 is 10.0 Å². The van der Waals surface area contributed by atoms with E-state index >= 15 is 0 Å². The molecule has 3 rings (SSSR count). The Morgan fingerprint density at radius 2 is 1.53 bits per heavy atom. The standard InChI is InChI=1S/C24H27N3O6S/c1-17-9-3-7-13-21(17)34(31,32)26-25-18(10-4-8-14-22(28)33-2)15-16-27-23(29)19-11-5-6-12-20(19)24(27)30/h3,5-7,9,11-13,26H,4,8,10,14-16H2,1-2H3/b25-18+. The molecular formula is C24H27N3O6S. The molecule has 0 unspecified atom stereocenters. The maximum atomic E-state index is 12.7. The smallest absolute Gasteiger partial charge is 0.305 e. The van der Waals surface area contributed by atoms with Crippen molar-refractivity contribution in [2.24, 2.45) is 5.10 Å². The largest absolute Gasteiger partial charge is 0.469 e. The molecular weight excluding hydrogens is 458 g/mol. The van der Waals surface area contributed by atoms with Gasteiger partial charge in [0.1, 0.15) is 0 Å². The molecule has 10 heteroatoms. The molecule has 2 amide bonds. The van der Waals surface area contributed by atoms with E-state index in [0.29, 0.717) is 41.7 Å². The molecule has 1 aliphatic heterocycles. The van der Waals surface area contributed by atoms with Crippen LogP contribution in [0, 0.1) is 6.92 Å². The first-order valence-electron chi connectivity index (χ1n) is 10.9. The van der Waals surface area contributed by atoms with Gasteiger partial charge in [-0.2, -0.15) is 13.5 Å². The third kappa shape index (κ3) is 5.88. The summed E-state index contributed by atoms with van der Waals surface area (Å²) in [7, 11) is -2.58. The molecule has 180 valence electrons. The number of ether oxygens (including phenoxy) is 1. The van der Waals surface area contributed by atoms with Crippen molar-refractivity contribution in [2.75, 3.05) is 13.7 Å². The molecule has 0 saturated heterocycles. The highest BCUT2D eigenvalue weighted by Crippen LogP contribution is 2.23. The Kier molecular flexibility index (Phi) is 8.17. The van der Waals surface area contributed by atoms with E-state index in [2.05, 4.69) is 14.7 Å². The Labute approximate surface area is 198 Å². The fraction of sp³-hybridized carbons (Fsp3) is 0.333. The van der Waals surface area contributed by atoms with E-state index in [1.165, 1.54) is 13.2 Å². The Bertz CT molecular complexity index is 1190. The number of sulfonamides is 1. The van der Waals surface area contributed by atoms with Crippen molar-refractivity contribution in [3.8, 4) is 0 Å². The minimum Gasteiger partial charge on any atom is -0.469 e. The van der Waals surface area contributed by atoms with Gasteiger partial charge in [0, 0.05) is 25.1 Å². The second kappa shape index (κ2) is 11.1. The number of hydrogen-bond donors (Lipinski definition) is 1. The number of aryl methyl sites for hydroxylation is 1. The number of carbonyl (C=O) groups excluding carboxylic acids is 3. The Balaban J connectivity index is 1.72. The van der Waals surface area contributed by atoms with Crippen LogP contribution in [0.5, 0.6) is 0 Å². The second-order valence-corrected chi connectivity index (χ2v) is 9.51.